The third kappa shape index (κ3) is 3.34. The van der Waals surface area contributed by atoms with Crippen LogP contribution < -0.4 is 0 Å². The number of aromatic nitrogens is 2. The number of likely N-dealkylation sites (tertiary alicyclic amines) is 2. The average molecular weight is 395 g/mol. The van der Waals surface area contributed by atoms with Gasteiger partial charge in [-0.05, 0) is 30.0 Å². The lowest BCUT2D eigenvalue weighted by atomic mass is 9.87. The summed E-state index contributed by atoms with van der Waals surface area (Å²) in [5.74, 6) is 1.01. The summed E-state index contributed by atoms with van der Waals surface area (Å²) in [5.41, 5.74) is 3.98. The number of carbonyl (C=O) groups excluding carboxylic acids is 2. The molecule has 0 unspecified atom stereocenters. The SMILES string of the molecule is CC(=O)N1C[C@H]2CN(C(=O)c3cc(C(C)C)nn3C)C[C@H]2[C@H]1c1ccccc1C. The van der Waals surface area contributed by atoms with Crippen molar-refractivity contribution in [1.29, 1.82) is 0 Å². The van der Waals surface area contributed by atoms with Gasteiger partial charge in [0.15, 0.2) is 0 Å². The first-order chi connectivity index (χ1) is 13.8. The number of aryl methyl sites for hydroxylation is 2. The average Bonchev–Trinajstić information content (AvgIpc) is 3.34. The summed E-state index contributed by atoms with van der Waals surface area (Å²) in [6, 6.07) is 10.2. The van der Waals surface area contributed by atoms with Crippen LogP contribution in [-0.4, -0.2) is 51.0 Å². The first-order valence-electron chi connectivity index (χ1n) is 10.4. The van der Waals surface area contributed by atoms with Crippen LogP contribution in [0.5, 0.6) is 0 Å². The van der Waals surface area contributed by atoms with Crippen LogP contribution in [-0.2, 0) is 11.8 Å². The van der Waals surface area contributed by atoms with Gasteiger partial charge in [0.1, 0.15) is 5.69 Å². The van der Waals surface area contributed by atoms with E-state index in [4.69, 9.17) is 0 Å². The first-order valence-corrected chi connectivity index (χ1v) is 10.4. The van der Waals surface area contributed by atoms with E-state index in [1.165, 1.54) is 11.1 Å². The molecule has 0 radical (unpaired) electrons. The van der Waals surface area contributed by atoms with E-state index in [1.807, 2.05) is 35.0 Å². The Morgan fingerprint density at radius 2 is 1.86 bits per heavy atom. The second kappa shape index (κ2) is 7.32. The molecule has 0 N–H and O–H groups in total. The quantitative estimate of drug-likeness (QED) is 0.804. The predicted octanol–water partition coefficient (Wildman–Crippen LogP) is 3.14. The highest BCUT2D eigenvalue weighted by atomic mass is 16.2. The van der Waals surface area contributed by atoms with Crippen LogP contribution in [0.25, 0.3) is 0 Å². The number of carbonyl (C=O) groups is 2. The minimum Gasteiger partial charge on any atom is -0.337 e. The fourth-order valence-electron chi connectivity index (χ4n) is 4.99. The molecule has 0 saturated carbocycles. The third-order valence-corrected chi connectivity index (χ3v) is 6.57. The van der Waals surface area contributed by atoms with E-state index in [0.717, 1.165) is 5.69 Å². The molecular formula is C23H30N4O2. The highest BCUT2D eigenvalue weighted by Crippen LogP contribution is 2.46. The molecule has 6 heteroatoms. The van der Waals surface area contributed by atoms with Crippen molar-refractivity contribution >= 4 is 11.8 Å². The first kappa shape index (κ1) is 19.7. The molecular weight excluding hydrogens is 364 g/mol. The van der Waals surface area contributed by atoms with Gasteiger partial charge < -0.3 is 9.80 Å². The van der Waals surface area contributed by atoms with E-state index < -0.39 is 0 Å². The number of hydrogen-bond acceptors (Lipinski definition) is 3. The lowest BCUT2D eigenvalue weighted by molar-refractivity contribution is -0.130. The monoisotopic (exact) mass is 394 g/mol. The molecule has 2 saturated heterocycles. The van der Waals surface area contributed by atoms with E-state index in [0.29, 0.717) is 31.2 Å². The molecule has 1 aromatic heterocycles. The minimum absolute atomic E-state index is 0.0364. The normalized spacial score (nSPS) is 23.7. The molecule has 2 aliphatic rings. The molecule has 2 aliphatic heterocycles. The van der Waals surface area contributed by atoms with Crippen LogP contribution >= 0.6 is 0 Å². The Morgan fingerprint density at radius 3 is 2.48 bits per heavy atom. The zero-order chi connectivity index (χ0) is 20.9. The van der Waals surface area contributed by atoms with Gasteiger partial charge in [0.05, 0.1) is 11.7 Å². The Balaban J connectivity index is 1.60. The third-order valence-electron chi connectivity index (χ3n) is 6.57. The second-order valence-corrected chi connectivity index (χ2v) is 8.84. The molecule has 0 bridgehead atoms. The molecule has 3 atom stereocenters. The number of amides is 2. The van der Waals surface area contributed by atoms with Gasteiger partial charge in [0.2, 0.25) is 5.91 Å². The molecule has 0 aliphatic carbocycles. The number of rotatable bonds is 3. The molecule has 29 heavy (non-hydrogen) atoms. The van der Waals surface area contributed by atoms with Crippen LogP contribution in [0.15, 0.2) is 30.3 Å². The largest absolute Gasteiger partial charge is 0.337 e. The van der Waals surface area contributed by atoms with Crippen LogP contribution in [0.4, 0.5) is 0 Å². The standard InChI is InChI=1S/C23H30N4O2/c1-14(2)20-10-21(25(5)24-20)23(29)26-11-17-12-27(16(4)28)22(19(17)13-26)18-9-7-6-8-15(18)3/h6-10,14,17,19,22H,11-13H2,1-5H3/t17-,19-,22-/m1/s1. The van der Waals surface area contributed by atoms with E-state index >= 15 is 0 Å². The molecule has 2 amide bonds. The lowest BCUT2D eigenvalue weighted by Gasteiger charge is -2.30. The summed E-state index contributed by atoms with van der Waals surface area (Å²) < 4.78 is 1.70. The Bertz CT molecular complexity index is 948. The summed E-state index contributed by atoms with van der Waals surface area (Å²) in [6.45, 7) is 10.00. The highest BCUT2D eigenvalue weighted by molar-refractivity contribution is 5.93. The van der Waals surface area contributed by atoms with Crippen molar-refractivity contribution in [1.82, 2.24) is 19.6 Å². The topological polar surface area (TPSA) is 58.4 Å². The lowest BCUT2D eigenvalue weighted by Crippen LogP contribution is -2.37. The predicted molar refractivity (Wildman–Crippen MR) is 111 cm³/mol. The molecule has 2 aromatic rings. The van der Waals surface area contributed by atoms with Crippen LogP contribution in [0.1, 0.15) is 60.0 Å². The van der Waals surface area contributed by atoms with E-state index in [-0.39, 0.29) is 29.7 Å². The highest BCUT2D eigenvalue weighted by Gasteiger charge is 2.50. The number of fused-ring (bicyclic) bond motifs is 1. The fourth-order valence-corrected chi connectivity index (χ4v) is 4.99. The molecule has 4 rings (SSSR count). The summed E-state index contributed by atoms with van der Waals surface area (Å²) in [4.78, 5) is 29.6. The van der Waals surface area contributed by atoms with Gasteiger partial charge in [0.25, 0.3) is 5.91 Å². The maximum Gasteiger partial charge on any atom is 0.272 e. The second-order valence-electron chi connectivity index (χ2n) is 8.84. The maximum absolute atomic E-state index is 13.2. The van der Waals surface area contributed by atoms with Crippen LogP contribution in [0.3, 0.4) is 0 Å². The van der Waals surface area contributed by atoms with Gasteiger partial charge in [0, 0.05) is 45.4 Å². The molecule has 0 spiro atoms. The van der Waals surface area contributed by atoms with Crippen molar-refractivity contribution in [2.24, 2.45) is 18.9 Å². The Hall–Kier alpha value is -2.63. The van der Waals surface area contributed by atoms with Gasteiger partial charge in [-0.2, -0.15) is 5.10 Å². The van der Waals surface area contributed by atoms with Crippen molar-refractivity contribution in [3.8, 4) is 0 Å². The van der Waals surface area contributed by atoms with Crippen molar-refractivity contribution < 1.29 is 9.59 Å². The van der Waals surface area contributed by atoms with E-state index in [1.54, 1.807) is 11.6 Å². The molecule has 3 heterocycles. The molecule has 6 nitrogen and oxygen atoms in total. The van der Waals surface area contributed by atoms with E-state index in [2.05, 4.69) is 38.0 Å². The molecule has 154 valence electrons. The Labute approximate surface area is 172 Å². The van der Waals surface area contributed by atoms with Gasteiger partial charge in [-0.1, -0.05) is 38.1 Å². The molecule has 1 aromatic carbocycles. The summed E-state index contributed by atoms with van der Waals surface area (Å²) in [7, 11) is 1.84. The van der Waals surface area contributed by atoms with Gasteiger partial charge >= 0.3 is 0 Å². The Kier molecular flexibility index (Phi) is 4.97. The van der Waals surface area contributed by atoms with E-state index in [9.17, 15) is 9.59 Å². The smallest absolute Gasteiger partial charge is 0.272 e. The zero-order valence-electron chi connectivity index (χ0n) is 17.9. The van der Waals surface area contributed by atoms with Crippen molar-refractivity contribution in [3.63, 3.8) is 0 Å². The van der Waals surface area contributed by atoms with Gasteiger partial charge in [-0.25, -0.2) is 0 Å². The maximum atomic E-state index is 13.2. The van der Waals surface area contributed by atoms with Gasteiger partial charge in [-0.15, -0.1) is 0 Å². The number of hydrogen-bond donors (Lipinski definition) is 0. The molecule has 2 fully saturated rings. The summed E-state index contributed by atoms with van der Waals surface area (Å²) in [6.07, 6.45) is 0. The summed E-state index contributed by atoms with van der Waals surface area (Å²) >= 11 is 0. The summed E-state index contributed by atoms with van der Waals surface area (Å²) in [5, 5.41) is 4.50. The minimum atomic E-state index is 0.0364. The zero-order valence-corrected chi connectivity index (χ0v) is 17.9. The number of nitrogens with zero attached hydrogens (tertiary/aromatic N) is 4. The Morgan fingerprint density at radius 1 is 1.14 bits per heavy atom. The van der Waals surface area contributed by atoms with Crippen molar-refractivity contribution in [2.75, 3.05) is 19.6 Å². The van der Waals surface area contributed by atoms with Crippen molar-refractivity contribution in [2.45, 2.75) is 39.7 Å². The fraction of sp³-hybridized carbons (Fsp3) is 0.522. The van der Waals surface area contributed by atoms with Crippen molar-refractivity contribution in [3.05, 3.63) is 52.8 Å². The van der Waals surface area contributed by atoms with Crippen LogP contribution in [0.2, 0.25) is 0 Å². The van der Waals surface area contributed by atoms with Crippen LogP contribution in [0, 0.1) is 18.8 Å². The number of benzene rings is 1. The van der Waals surface area contributed by atoms with Gasteiger partial charge in [-0.3, -0.25) is 14.3 Å².